The Hall–Kier alpha value is -1.79. The lowest BCUT2D eigenvalue weighted by Gasteiger charge is -2.09. The van der Waals surface area contributed by atoms with Gasteiger partial charge in [0.05, 0.1) is 5.69 Å². The average molecular weight is 304 g/mol. The molecule has 0 fully saturated rings. The van der Waals surface area contributed by atoms with Crippen LogP contribution < -0.4 is 5.32 Å². The first-order valence-corrected chi connectivity index (χ1v) is 7.70. The van der Waals surface area contributed by atoms with Crippen LogP contribution in [0.1, 0.15) is 21.8 Å². The van der Waals surface area contributed by atoms with Gasteiger partial charge in [-0.2, -0.15) is 0 Å². The fourth-order valence-corrected chi connectivity index (χ4v) is 2.89. The van der Waals surface area contributed by atoms with Crippen molar-refractivity contribution in [3.63, 3.8) is 0 Å². The molecule has 21 heavy (non-hydrogen) atoms. The second kappa shape index (κ2) is 7.28. The fourth-order valence-electron chi connectivity index (χ4n) is 1.90. The summed E-state index contributed by atoms with van der Waals surface area (Å²) in [5, 5.41) is 3.81. The molecule has 0 spiro atoms. The second-order valence-electron chi connectivity index (χ2n) is 5.08. The molecule has 2 rings (SSSR count). The van der Waals surface area contributed by atoms with Gasteiger partial charge in [-0.05, 0) is 46.1 Å². The van der Waals surface area contributed by atoms with Gasteiger partial charge in [0.1, 0.15) is 9.88 Å². The molecule has 0 saturated heterocycles. The van der Waals surface area contributed by atoms with E-state index in [9.17, 15) is 4.79 Å². The Kier molecular flexibility index (Phi) is 5.41. The molecule has 5 nitrogen and oxygen atoms in total. The number of nitrogens with zero attached hydrogens (tertiary/aromatic N) is 3. The number of nitrogens with one attached hydrogen (secondary N) is 1. The van der Waals surface area contributed by atoms with Crippen LogP contribution in [0, 0.1) is 6.92 Å². The van der Waals surface area contributed by atoms with Crippen molar-refractivity contribution in [1.82, 2.24) is 20.2 Å². The molecule has 6 heteroatoms. The van der Waals surface area contributed by atoms with Gasteiger partial charge in [0.15, 0.2) is 0 Å². The Morgan fingerprint density at radius 2 is 2.05 bits per heavy atom. The van der Waals surface area contributed by atoms with Crippen LogP contribution in [0.25, 0.3) is 10.6 Å². The van der Waals surface area contributed by atoms with Gasteiger partial charge in [-0.15, -0.1) is 11.3 Å². The first kappa shape index (κ1) is 15.6. The zero-order chi connectivity index (χ0) is 15.2. The molecule has 2 aromatic rings. The van der Waals surface area contributed by atoms with Crippen molar-refractivity contribution in [2.75, 3.05) is 27.2 Å². The van der Waals surface area contributed by atoms with Gasteiger partial charge < -0.3 is 10.2 Å². The van der Waals surface area contributed by atoms with Crippen LogP contribution in [0.5, 0.6) is 0 Å². The largest absolute Gasteiger partial charge is 0.351 e. The Morgan fingerprint density at radius 1 is 1.33 bits per heavy atom. The summed E-state index contributed by atoms with van der Waals surface area (Å²) in [6.45, 7) is 3.51. The van der Waals surface area contributed by atoms with Gasteiger partial charge in [-0.3, -0.25) is 9.78 Å². The smallest absolute Gasteiger partial charge is 0.263 e. The predicted molar refractivity (Wildman–Crippen MR) is 85.6 cm³/mol. The van der Waals surface area contributed by atoms with E-state index in [-0.39, 0.29) is 5.91 Å². The van der Waals surface area contributed by atoms with E-state index in [1.807, 2.05) is 33.2 Å². The SMILES string of the molecule is Cc1nc(-c2ccncc2)sc1C(=O)NCCCN(C)C. The summed E-state index contributed by atoms with van der Waals surface area (Å²) in [5.74, 6) is -0.0379. The van der Waals surface area contributed by atoms with Crippen LogP contribution in [0.4, 0.5) is 0 Å². The van der Waals surface area contributed by atoms with E-state index in [1.165, 1.54) is 11.3 Å². The predicted octanol–water partition coefficient (Wildman–Crippen LogP) is 2.20. The van der Waals surface area contributed by atoms with E-state index in [1.54, 1.807) is 12.4 Å². The third kappa shape index (κ3) is 4.34. The Bertz CT molecular complexity index is 595. The number of amides is 1. The molecule has 0 bridgehead atoms. The standard InChI is InChI=1S/C15H20N4OS/c1-11-13(14(20)17-7-4-10-19(2)3)21-15(18-11)12-5-8-16-9-6-12/h5-6,8-9H,4,7,10H2,1-3H3,(H,17,20). The topological polar surface area (TPSA) is 58.1 Å². The number of carbonyl (C=O) groups is 1. The Balaban J connectivity index is 2.00. The number of carbonyl (C=O) groups excluding carboxylic acids is 1. The maximum Gasteiger partial charge on any atom is 0.263 e. The van der Waals surface area contributed by atoms with Gasteiger partial charge in [0, 0.05) is 24.5 Å². The summed E-state index contributed by atoms with van der Waals surface area (Å²) in [5.41, 5.74) is 1.77. The number of thiazole rings is 1. The van der Waals surface area contributed by atoms with Crippen LogP contribution in [-0.4, -0.2) is 48.0 Å². The number of hydrogen-bond donors (Lipinski definition) is 1. The highest BCUT2D eigenvalue weighted by molar-refractivity contribution is 7.17. The number of rotatable bonds is 6. The van der Waals surface area contributed by atoms with Crippen LogP contribution in [0.3, 0.4) is 0 Å². The maximum atomic E-state index is 12.2. The van der Waals surface area contributed by atoms with Crippen LogP contribution >= 0.6 is 11.3 Å². The van der Waals surface area contributed by atoms with Crippen LogP contribution in [0.15, 0.2) is 24.5 Å². The van der Waals surface area contributed by atoms with Gasteiger partial charge in [0.25, 0.3) is 5.91 Å². The molecule has 2 aromatic heterocycles. The van der Waals surface area contributed by atoms with Crippen molar-refractivity contribution in [3.05, 3.63) is 35.1 Å². The Morgan fingerprint density at radius 3 is 2.71 bits per heavy atom. The lowest BCUT2D eigenvalue weighted by molar-refractivity contribution is 0.0955. The van der Waals surface area contributed by atoms with Crippen molar-refractivity contribution in [1.29, 1.82) is 0 Å². The van der Waals surface area contributed by atoms with Gasteiger partial charge >= 0.3 is 0 Å². The maximum absolute atomic E-state index is 12.2. The van der Waals surface area contributed by atoms with E-state index in [4.69, 9.17) is 0 Å². The van der Waals surface area contributed by atoms with E-state index in [0.29, 0.717) is 11.4 Å². The molecule has 112 valence electrons. The third-order valence-corrected chi connectivity index (χ3v) is 4.20. The molecule has 0 aliphatic carbocycles. The quantitative estimate of drug-likeness (QED) is 0.831. The van der Waals surface area contributed by atoms with E-state index in [0.717, 1.165) is 29.2 Å². The van der Waals surface area contributed by atoms with Crippen LogP contribution in [0.2, 0.25) is 0 Å². The van der Waals surface area contributed by atoms with Gasteiger partial charge in [-0.1, -0.05) is 0 Å². The lowest BCUT2D eigenvalue weighted by atomic mass is 10.3. The second-order valence-corrected chi connectivity index (χ2v) is 6.08. The summed E-state index contributed by atoms with van der Waals surface area (Å²) in [6.07, 6.45) is 4.40. The highest BCUT2D eigenvalue weighted by atomic mass is 32.1. The number of aryl methyl sites for hydroxylation is 1. The third-order valence-electron chi connectivity index (χ3n) is 3.00. The number of pyridine rings is 1. The van der Waals surface area contributed by atoms with Gasteiger partial charge in [0.2, 0.25) is 0 Å². The molecule has 0 aliphatic heterocycles. The molecule has 0 unspecified atom stereocenters. The highest BCUT2D eigenvalue weighted by Crippen LogP contribution is 2.27. The zero-order valence-corrected chi connectivity index (χ0v) is 13.4. The lowest BCUT2D eigenvalue weighted by Crippen LogP contribution is -2.26. The molecule has 0 radical (unpaired) electrons. The molecule has 1 amide bonds. The molecule has 0 aromatic carbocycles. The summed E-state index contributed by atoms with van der Waals surface area (Å²) in [4.78, 5) is 23.5. The highest BCUT2D eigenvalue weighted by Gasteiger charge is 2.15. The van der Waals surface area contributed by atoms with Crippen LogP contribution in [-0.2, 0) is 0 Å². The minimum Gasteiger partial charge on any atom is -0.351 e. The Labute approximate surface area is 129 Å². The number of aromatic nitrogens is 2. The van der Waals surface area contributed by atoms with Crippen molar-refractivity contribution in [2.45, 2.75) is 13.3 Å². The van der Waals surface area contributed by atoms with Crippen molar-refractivity contribution >= 4 is 17.2 Å². The average Bonchev–Trinajstić information content (AvgIpc) is 2.86. The summed E-state index contributed by atoms with van der Waals surface area (Å²) >= 11 is 1.42. The fraction of sp³-hybridized carbons (Fsp3) is 0.400. The first-order chi connectivity index (χ1) is 10.1. The molecule has 0 atom stereocenters. The monoisotopic (exact) mass is 304 g/mol. The number of hydrogen-bond acceptors (Lipinski definition) is 5. The molecule has 0 saturated carbocycles. The zero-order valence-electron chi connectivity index (χ0n) is 12.6. The van der Waals surface area contributed by atoms with Crippen molar-refractivity contribution < 1.29 is 4.79 Å². The molecular formula is C15H20N4OS. The minimum atomic E-state index is -0.0379. The van der Waals surface area contributed by atoms with Gasteiger partial charge in [-0.25, -0.2) is 4.98 Å². The summed E-state index contributed by atoms with van der Waals surface area (Å²) in [6, 6.07) is 3.80. The molecular weight excluding hydrogens is 284 g/mol. The summed E-state index contributed by atoms with van der Waals surface area (Å²) < 4.78 is 0. The van der Waals surface area contributed by atoms with Crippen molar-refractivity contribution in [3.8, 4) is 10.6 Å². The summed E-state index contributed by atoms with van der Waals surface area (Å²) in [7, 11) is 4.05. The minimum absolute atomic E-state index is 0.0379. The molecule has 2 heterocycles. The van der Waals surface area contributed by atoms with Crippen molar-refractivity contribution in [2.24, 2.45) is 0 Å². The normalized spacial score (nSPS) is 10.9. The van der Waals surface area contributed by atoms with E-state index < -0.39 is 0 Å². The molecule has 1 N–H and O–H groups in total. The van der Waals surface area contributed by atoms with E-state index in [2.05, 4.69) is 20.2 Å². The first-order valence-electron chi connectivity index (χ1n) is 6.88. The van der Waals surface area contributed by atoms with E-state index >= 15 is 0 Å². The molecule has 0 aliphatic rings.